The number of carbonyl (C=O) groups excluding carboxylic acids is 4. The fourth-order valence-corrected chi connectivity index (χ4v) is 4.22. The van der Waals surface area contributed by atoms with E-state index in [1.807, 2.05) is 6.07 Å². The van der Waals surface area contributed by atoms with Gasteiger partial charge in [0.1, 0.15) is 6.04 Å². The summed E-state index contributed by atoms with van der Waals surface area (Å²) in [6.45, 7) is 4.10. The molecule has 2 aliphatic heterocycles. The molecule has 0 bridgehead atoms. The Balaban J connectivity index is 1.52. The van der Waals surface area contributed by atoms with Gasteiger partial charge in [0, 0.05) is 13.0 Å². The third kappa shape index (κ3) is 5.59. The van der Waals surface area contributed by atoms with Crippen molar-refractivity contribution in [1.82, 2.24) is 20.4 Å². The van der Waals surface area contributed by atoms with Crippen molar-refractivity contribution >= 4 is 23.6 Å². The number of unbranched alkanes of at least 4 members (excludes halogenated alkanes) is 2. The van der Waals surface area contributed by atoms with Crippen LogP contribution in [0.2, 0.25) is 0 Å². The van der Waals surface area contributed by atoms with E-state index in [9.17, 15) is 19.2 Å². The van der Waals surface area contributed by atoms with Gasteiger partial charge >= 0.3 is 0 Å². The van der Waals surface area contributed by atoms with Crippen LogP contribution >= 0.6 is 0 Å². The van der Waals surface area contributed by atoms with E-state index in [0.29, 0.717) is 17.7 Å². The molecule has 1 unspecified atom stereocenters. The van der Waals surface area contributed by atoms with Gasteiger partial charge in [-0.3, -0.25) is 29.4 Å². The van der Waals surface area contributed by atoms with E-state index in [4.69, 9.17) is 5.73 Å². The zero-order chi connectivity index (χ0) is 23.1. The molecule has 1 fully saturated rings. The largest absolute Gasteiger partial charge is 0.330 e. The highest BCUT2D eigenvalue weighted by atomic mass is 16.2. The van der Waals surface area contributed by atoms with E-state index in [2.05, 4.69) is 22.6 Å². The number of hydrogen-bond acceptors (Lipinski definition) is 7. The fraction of sp³-hybridized carbons (Fsp3) is 0.565. The lowest BCUT2D eigenvalue weighted by atomic mass is 10.0. The van der Waals surface area contributed by atoms with Gasteiger partial charge in [-0.2, -0.15) is 0 Å². The van der Waals surface area contributed by atoms with Crippen LogP contribution in [-0.4, -0.2) is 72.7 Å². The van der Waals surface area contributed by atoms with Crippen LogP contribution in [0.1, 0.15) is 64.8 Å². The number of piperidine rings is 1. The molecule has 0 spiro atoms. The summed E-state index contributed by atoms with van der Waals surface area (Å²) in [5.74, 6) is -1.91. The fourth-order valence-electron chi connectivity index (χ4n) is 4.22. The number of nitrogens with one attached hydrogen (secondary N) is 2. The van der Waals surface area contributed by atoms with E-state index in [0.717, 1.165) is 62.3 Å². The first-order valence-electron chi connectivity index (χ1n) is 11.4. The maximum absolute atomic E-state index is 13.1. The van der Waals surface area contributed by atoms with Gasteiger partial charge in [0.25, 0.3) is 11.8 Å². The predicted octanol–water partition coefficient (Wildman–Crippen LogP) is 0.628. The molecular weight excluding hydrogens is 410 g/mol. The van der Waals surface area contributed by atoms with Crippen LogP contribution in [0.4, 0.5) is 0 Å². The molecule has 4 amide bonds. The van der Waals surface area contributed by atoms with Crippen molar-refractivity contribution in [2.75, 3.05) is 33.2 Å². The highest BCUT2D eigenvalue weighted by Crippen LogP contribution is 2.29. The molecule has 1 aromatic rings. The second-order valence-corrected chi connectivity index (χ2v) is 8.47. The zero-order valence-corrected chi connectivity index (χ0v) is 18.7. The molecule has 3 rings (SSSR count). The Morgan fingerprint density at radius 2 is 1.84 bits per heavy atom. The minimum atomic E-state index is -0.942. The highest BCUT2D eigenvalue weighted by molar-refractivity contribution is 6.24. The molecular formula is C23H33N5O4. The van der Waals surface area contributed by atoms with Gasteiger partial charge in [-0.05, 0) is 77.0 Å². The second-order valence-electron chi connectivity index (χ2n) is 8.47. The number of carbonyl (C=O) groups is 4. The first-order chi connectivity index (χ1) is 15.4. The van der Waals surface area contributed by atoms with Crippen LogP contribution in [0, 0.1) is 0 Å². The van der Waals surface area contributed by atoms with E-state index < -0.39 is 23.8 Å². The van der Waals surface area contributed by atoms with Gasteiger partial charge in [-0.25, -0.2) is 0 Å². The molecule has 4 N–H and O–H groups in total. The standard InChI is InChI=1S/C23H33N5O4/c1-27(13-4-2-11-24)14-5-3-12-25-15-16-7-6-8-17-20(16)23(32)28(22(17)31)18-9-10-19(29)26-21(18)30/h6-8,18,25H,2-5,9-15,24H2,1H3,(H,26,29,30). The minimum Gasteiger partial charge on any atom is -0.330 e. The summed E-state index contributed by atoms with van der Waals surface area (Å²) in [6, 6.07) is 4.26. The van der Waals surface area contributed by atoms with E-state index in [-0.39, 0.29) is 18.7 Å². The van der Waals surface area contributed by atoms with Crippen LogP contribution in [0.3, 0.4) is 0 Å². The number of amides is 4. The summed E-state index contributed by atoms with van der Waals surface area (Å²) in [6.07, 6.45) is 4.51. The average Bonchev–Trinajstić information content (AvgIpc) is 3.02. The van der Waals surface area contributed by atoms with Crippen molar-refractivity contribution in [3.8, 4) is 0 Å². The van der Waals surface area contributed by atoms with Crippen LogP contribution in [0.5, 0.6) is 0 Å². The van der Waals surface area contributed by atoms with Crippen molar-refractivity contribution in [1.29, 1.82) is 0 Å². The summed E-state index contributed by atoms with van der Waals surface area (Å²) >= 11 is 0. The Hall–Kier alpha value is -2.62. The molecule has 0 aliphatic carbocycles. The van der Waals surface area contributed by atoms with Gasteiger partial charge in [-0.1, -0.05) is 12.1 Å². The zero-order valence-electron chi connectivity index (χ0n) is 18.7. The molecule has 0 radical (unpaired) electrons. The van der Waals surface area contributed by atoms with Crippen molar-refractivity contribution in [3.63, 3.8) is 0 Å². The quantitative estimate of drug-likeness (QED) is 0.320. The van der Waals surface area contributed by atoms with Crippen molar-refractivity contribution in [2.24, 2.45) is 5.73 Å². The molecule has 1 atom stereocenters. The molecule has 9 heteroatoms. The summed E-state index contributed by atoms with van der Waals surface area (Å²) in [5, 5.41) is 5.58. The maximum atomic E-state index is 13.1. The number of imide groups is 2. The van der Waals surface area contributed by atoms with Gasteiger partial charge in [0.05, 0.1) is 11.1 Å². The van der Waals surface area contributed by atoms with Gasteiger partial charge < -0.3 is 16.0 Å². The van der Waals surface area contributed by atoms with Gasteiger partial charge in [0.15, 0.2) is 0 Å². The molecule has 2 heterocycles. The Kier molecular flexibility index (Phi) is 8.49. The van der Waals surface area contributed by atoms with E-state index in [1.165, 1.54) is 0 Å². The highest BCUT2D eigenvalue weighted by Gasteiger charge is 2.45. The molecule has 1 saturated heterocycles. The first-order valence-corrected chi connectivity index (χ1v) is 11.4. The third-order valence-electron chi connectivity index (χ3n) is 6.01. The predicted molar refractivity (Wildman–Crippen MR) is 120 cm³/mol. The van der Waals surface area contributed by atoms with Gasteiger partial charge in [0.2, 0.25) is 11.8 Å². The molecule has 1 aromatic carbocycles. The smallest absolute Gasteiger partial charge is 0.262 e. The Labute approximate surface area is 188 Å². The normalized spacial score (nSPS) is 18.5. The molecule has 2 aliphatic rings. The second kappa shape index (κ2) is 11.3. The number of rotatable bonds is 12. The summed E-state index contributed by atoms with van der Waals surface area (Å²) in [7, 11) is 2.12. The van der Waals surface area contributed by atoms with Crippen LogP contribution in [0.25, 0.3) is 0 Å². The monoisotopic (exact) mass is 443 g/mol. The Morgan fingerprint density at radius 1 is 1.09 bits per heavy atom. The number of nitrogens with two attached hydrogens (primary N) is 1. The molecule has 0 aromatic heterocycles. The molecule has 0 saturated carbocycles. The summed E-state index contributed by atoms with van der Waals surface area (Å²) in [4.78, 5) is 52.9. The summed E-state index contributed by atoms with van der Waals surface area (Å²) in [5.41, 5.74) is 6.94. The van der Waals surface area contributed by atoms with Crippen LogP contribution in [0.15, 0.2) is 18.2 Å². The lowest BCUT2D eigenvalue weighted by molar-refractivity contribution is -0.136. The topological polar surface area (TPSA) is 125 Å². The molecule has 9 nitrogen and oxygen atoms in total. The third-order valence-corrected chi connectivity index (χ3v) is 6.01. The molecule has 32 heavy (non-hydrogen) atoms. The summed E-state index contributed by atoms with van der Waals surface area (Å²) < 4.78 is 0. The lowest BCUT2D eigenvalue weighted by Gasteiger charge is -2.27. The van der Waals surface area contributed by atoms with Gasteiger partial charge in [-0.15, -0.1) is 0 Å². The van der Waals surface area contributed by atoms with Crippen molar-refractivity contribution < 1.29 is 19.2 Å². The maximum Gasteiger partial charge on any atom is 0.262 e. The molecule has 174 valence electrons. The van der Waals surface area contributed by atoms with E-state index >= 15 is 0 Å². The van der Waals surface area contributed by atoms with Crippen molar-refractivity contribution in [3.05, 3.63) is 34.9 Å². The van der Waals surface area contributed by atoms with E-state index in [1.54, 1.807) is 12.1 Å². The number of hydrogen-bond donors (Lipinski definition) is 3. The number of nitrogens with zero attached hydrogens (tertiary/aromatic N) is 2. The van der Waals surface area contributed by atoms with Crippen molar-refractivity contribution in [2.45, 2.75) is 51.1 Å². The number of fused-ring (bicyclic) bond motifs is 1. The minimum absolute atomic E-state index is 0.112. The Morgan fingerprint density at radius 3 is 2.56 bits per heavy atom. The van der Waals surface area contributed by atoms with Crippen LogP contribution in [-0.2, 0) is 16.1 Å². The lowest BCUT2D eigenvalue weighted by Crippen LogP contribution is -2.54. The average molecular weight is 444 g/mol. The number of benzene rings is 1. The Bertz CT molecular complexity index is 872. The first kappa shape index (κ1) is 24.0. The van der Waals surface area contributed by atoms with Crippen LogP contribution < -0.4 is 16.4 Å². The SMILES string of the molecule is CN(CCCCN)CCCCNCc1cccc2c1C(=O)N(C1CCC(=O)NC1=O)C2=O.